The first-order valence-electron chi connectivity index (χ1n) is 11.1. The molecule has 1 N–H and O–H groups in total. The Bertz CT molecular complexity index is 1160. The average molecular weight is 408 g/mol. The van der Waals surface area contributed by atoms with Gasteiger partial charge in [-0.3, -0.25) is 14.3 Å². The van der Waals surface area contributed by atoms with E-state index < -0.39 is 11.2 Å². The fourth-order valence-electron chi connectivity index (χ4n) is 5.05. The van der Waals surface area contributed by atoms with E-state index in [0.29, 0.717) is 17.6 Å². The Morgan fingerprint density at radius 3 is 2.73 bits per heavy atom. The number of H-pyrrole nitrogens is 1. The normalized spacial score (nSPS) is 23.0. The summed E-state index contributed by atoms with van der Waals surface area (Å²) in [6.45, 7) is 4.87. The molecule has 2 fully saturated rings. The number of hydrogen-bond donors (Lipinski definition) is 1. The van der Waals surface area contributed by atoms with Crippen molar-refractivity contribution in [3.63, 3.8) is 0 Å². The van der Waals surface area contributed by atoms with Crippen LogP contribution in [-0.2, 0) is 6.42 Å². The molecule has 5 rings (SSSR count). The van der Waals surface area contributed by atoms with Crippen molar-refractivity contribution < 1.29 is 0 Å². The van der Waals surface area contributed by atoms with Crippen molar-refractivity contribution in [2.75, 3.05) is 13.1 Å². The molecule has 0 aromatic carbocycles. The van der Waals surface area contributed by atoms with Crippen molar-refractivity contribution in [3.8, 4) is 5.69 Å². The van der Waals surface area contributed by atoms with E-state index in [4.69, 9.17) is 0 Å². The van der Waals surface area contributed by atoms with Crippen molar-refractivity contribution in [2.45, 2.75) is 51.5 Å². The molecular weight excluding hydrogens is 378 g/mol. The summed E-state index contributed by atoms with van der Waals surface area (Å²) in [5, 5.41) is 4.37. The van der Waals surface area contributed by atoms with Gasteiger partial charge in [-0.15, -0.1) is 0 Å². The maximum atomic E-state index is 12.2. The SMILES string of the molecule is C[C@H]1C[C@H](Cc2ccn3ncc(-n4ccc(=O)[nH]c4=O)c3c2)CCN1CC1CCC1. The third-order valence-electron chi connectivity index (χ3n) is 7.01. The number of likely N-dealkylation sites (tertiary alicyclic amines) is 1. The molecule has 1 saturated carbocycles. The monoisotopic (exact) mass is 407 g/mol. The first kappa shape index (κ1) is 19.3. The Balaban J connectivity index is 1.33. The third kappa shape index (κ3) is 3.74. The summed E-state index contributed by atoms with van der Waals surface area (Å²) in [5.74, 6) is 1.62. The molecule has 7 heteroatoms. The summed E-state index contributed by atoms with van der Waals surface area (Å²) in [7, 11) is 0. The fraction of sp³-hybridized carbons (Fsp3) is 0.522. The molecule has 0 unspecified atom stereocenters. The standard InChI is InChI=1S/C23H29N5O2/c1-16-11-18(5-8-26(16)15-17-3-2-4-17)12-19-6-10-28-20(13-19)21(14-24-28)27-9-7-22(29)25-23(27)30/h6-7,9-10,13-14,16-18H,2-5,8,11-12,15H2,1H3,(H,25,29,30)/t16-,18+/m0/s1. The van der Waals surface area contributed by atoms with Crippen molar-refractivity contribution in [1.29, 1.82) is 0 Å². The molecular formula is C23H29N5O2. The summed E-state index contributed by atoms with van der Waals surface area (Å²) in [5.41, 5.74) is 1.98. The molecule has 158 valence electrons. The van der Waals surface area contributed by atoms with Crippen LogP contribution in [0.1, 0.15) is 44.6 Å². The number of nitrogens with one attached hydrogen (secondary N) is 1. The maximum absolute atomic E-state index is 12.2. The van der Waals surface area contributed by atoms with E-state index in [9.17, 15) is 9.59 Å². The summed E-state index contributed by atoms with van der Waals surface area (Å²) in [6.07, 6.45) is 12.9. The molecule has 4 heterocycles. The lowest BCUT2D eigenvalue weighted by atomic mass is 9.82. The Labute approximate surface area is 175 Å². The van der Waals surface area contributed by atoms with E-state index in [2.05, 4.69) is 34.0 Å². The van der Waals surface area contributed by atoms with Crippen molar-refractivity contribution in [3.05, 3.63) is 63.2 Å². The highest BCUT2D eigenvalue weighted by Gasteiger charge is 2.29. The minimum Gasteiger partial charge on any atom is -0.300 e. The van der Waals surface area contributed by atoms with Gasteiger partial charge in [0, 0.05) is 31.0 Å². The number of nitrogens with zero attached hydrogens (tertiary/aromatic N) is 4. The Kier molecular flexibility index (Phi) is 5.06. The Morgan fingerprint density at radius 2 is 2.00 bits per heavy atom. The van der Waals surface area contributed by atoms with Gasteiger partial charge in [-0.25, -0.2) is 9.31 Å². The summed E-state index contributed by atoms with van der Waals surface area (Å²) >= 11 is 0. The van der Waals surface area contributed by atoms with Crippen molar-refractivity contribution >= 4 is 5.52 Å². The predicted octanol–water partition coefficient (Wildman–Crippen LogP) is 2.62. The summed E-state index contributed by atoms with van der Waals surface area (Å²) in [6, 6.07) is 6.27. The van der Waals surface area contributed by atoms with E-state index in [1.807, 2.05) is 6.20 Å². The van der Waals surface area contributed by atoms with Crippen LogP contribution in [0.3, 0.4) is 0 Å². The highest BCUT2D eigenvalue weighted by atomic mass is 16.2. The lowest BCUT2D eigenvalue weighted by molar-refractivity contribution is 0.0848. The Morgan fingerprint density at radius 1 is 1.13 bits per heavy atom. The number of aromatic nitrogens is 4. The number of hydrogen-bond acceptors (Lipinski definition) is 4. The van der Waals surface area contributed by atoms with Crippen LogP contribution in [0.4, 0.5) is 0 Å². The van der Waals surface area contributed by atoms with Crippen LogP contribution < -0.4 is 11.2 Å². The molecule has 1 aliphatic heterocycles. The number of aromatic amines is 1. The molecule has 1 aliphatic carbocycles. The van der Waals surface area contributed by atoms with Gasteiger partial charge < -0.3 is 4.90 Å². The lowest BCUT2D eigenvalue weighted by Crippen LogP contribution is -2.44. The zero-order valence-electron chi connectivity index (χ0n) is 17.5. The van der Waals surface area contributed by atoms with Crippen LogP contribution in [0, 0.1) is 11.8 Å². The minimum atomic E-state index is -0.449. The molecule has 7 nitrogen and oxygen atoms in total. The molecule has 0 radical (unpaired) electrons. The van der Waals surface area contributed by atoms with Crippen LogP contribution >= 0.6 is 0 Å². The maximum Gasteiger partial charge on any atom is 0.333 e. The fourth-order valence-corrected chi connectivity index (χ4v) is 5.05. The highest BCUT2D eigenvalue weighted by Crippen LogP contribution is 2.32. The van der Waals surface area contributed by atoms with Crippen LogP contribution in [0.25, 0.3) is 11.2 Å². The molecule has 3 aromatic rings. The smallest absolute Gasteiger partial charge is 0.300 e. The van der Waals surface area contributed by atoms with E-state index >= 15 is 0 Å². The topological polar surface area (TPSA) is 75.4 Å². The van der Waals surface area contributed by atoms with E-state index in [1.54, 1.807) is 10.7 Å². The number of piperidine rings is 1. The van der Waals surface area contributed by atoms with Gasteiger partial charge in [0.05, 0.1) is 17.4 Å². The number of pyridine rings is 1. The second-order valence-corrected chi connectivity index (χ2v) is 9.11. The van der Waals surface area contributed by atoms with Gasteiger partial charge in [-0.05, 0) is 75.1 Å². The van der Waals surface area contributed by atoms with Gasteiger partial charge >= 0.3 is 5.69 Å². The molecule has 1 saturated heterocycles. The molecule has 30 heavy (non-hydrogen) atoms. The zero-order chi connectivity index (χ0) is 20.7. The number of fused-ring (bicyclic) bond motifs is 1. The van der Waals surface area contributed by atoms with Crippen LogP contribution in [0.5, 0.6) is 0 Å². The van der Waals surface area contributed by atoms with E-state index in [0.717, 1.165) is 17.9 Å². The van der Waals surface area contributed by atoms with Gasteiger partial charge in [0.25, 0.3) is 5.56 Å². The summed E-state index contributed by atoms with van der Waals surface area (Å²) < 4.78 is 3.22. The molecule has 3 aromatic heterocycles. The average Bonchev–Trinajstić information content (AvgIpc) is 3.09. The molecule has 0 amide bonds. The molecule has 2 atom stereocenters. The van der Waals surface area contributed by atoms with Gasteiger partial charge in [-0.2, -0.15) is 5.10 Å². The third-order valence-corrected chi connectivity index (χ3v) is 7.01. The molecule has 0 spiro atoms. The van der Waals surface area contributed by atoms with Crippen LogP contribution in [0.15, 0.2) is 46.4 Å². The first-order valence-corrected chi connectivity index (χ1v) is 11.1. The first-order chi connectivity index (χ1) is 14.6. The van der Waals surface area contributed by atoms with E-state index in [1.165, 1.54) is 67.6 Å². The van der Waals surface area contributed by atoms with Gasteiger partial charge in [0.15, 0.2) is 0 Å². The quantitative estimate of drug-likeness (QED) is 0.706. The Hall–Kier alpha value is -2.67. The predicted molar refractivity (Wildman–Crippen MR) is 116 cm³/mol. The van der Waals surface area contributed by atoms with Crippen LogP contribution in [-0.4, -0.2) is 43.2 Å². The largest absolute Gasteiger partial charge is 0.333 e. The second-order valence-electron chi connectivity index (χ2n) is 9.11. The van der Waals surface area contributed by atoms with Gasteiger partial charge in [0.2, 0.25) is 0 Å². The van der Waals surface area contributed by atoms with Gasteiger partial charge in [-0.1, -0.05) is 6.42 Å². The van der Waals surface area contributed by atoms with Gasteiger partial charge in [0.1, 0.15) is 0 Å². The zero-order valence-corrected chi connectivity index (χ0v) is 17.5. The second kappa shape index (κ2) is 7.87. The van der Waals surface area contributed by atoms with Crippen LogP contribution in [0.2, 0.25) is 0 Å². The number of rotatable bonds is 5. The summed E-state index contributed by atoms with van der Waals surface area (Å²) in [4.78, 5) is 28.6. The van der Waals surface area contributed by atoms with E-state index in [-0.39, 0.29) is 0 Å². The highest BCUT2D eigenvalue weighted by molar-refractivity contribution is 5.64. The van der Waals surface area contributed by atoms with Crippen molar-refractivity contribution in [1.82, 2.24) is 24.1 Å². The minimum absolute atomic E-state index is 0.397. The van der Waals surface area contributed by atoms with Crippen molar-refractivity contribution in [2.24, 2.45) is 11.8 Å². The molecule has 2 aliphatic rings. The molecule has 0 bridgehead atoms. The lowest BCUT2D eigenvalue weighted by Gasteiger charge is -2.41.